The molecule has 0 aromatic heterocycles. The van der Waals surface area contributed by atoms with Crippen molar-refractivity contribution in [1.29, 1.82) is 0 Å². The molecule has 1 aromatic carbocycles. The summed E-state index contributed by atoms with van der Waals surface area (Å²) in [5.41, 5.74) is -1.45. The predicted molar refractivity (Wildman–Crippen MR) is 107 cm³/mol. The van der Waals surface area contributed by atoms with Gasteiger partial charge in [0.2, 0.25) is 12.9 Å². The van der Waals surface area contributed by atoms with Crippen LogP contribution in [-0.2, 0) is 30.3 Å². The molecular weight excluding hydrogens is 528 g/mol. The highest BCUT2D eigenvalue weighted by atomic mass is 19.4. The molecule has 0 N–H and O–H groups in total. The van der Waals surface area contributed by atoms with E-state index in [1.54, 1.807) is 0 Å². The molecule has 0 saturated carbocycles. The molecule has 0 saturated heterocycles. The van der Waals surface area contributed by atoms with Gasteiger partial charge in [0.15, 0.2) is 0 Å². The average molecular weight is 547 g/mol. The first-order valence-electron chi connectivity index (χ1n) is 10.3. The van der Waals surface area contributed by atoms with Crippen molar-refractivity contribution in [3.8, 4) is 11.5 Å². The molecule has 11 nitrogen and oxygen atoms in total. The highest BCUT2D eigenvalue weighted by Crippen LogP contribution is 2.42. The van der Waals surface area contributed by atoms with E-state index in [0.29, 0.717) is 6.08 Å². The van der Waals surface area contributed by atoms with Crippen molar-refractivity contribution in [1.82, 2.24) is 0 Å². The number of nitrogens with zero attached hydrogens (tertiary/aromatic N) is 1. The van der Waals surface area contributed by atoms with Gasteiger partial charge < -0.3 is 28.5 Å². The molecule has 0 fully saturated rings. The van der Waals surface area contributed by atoms with Gasteiger partial charge in [-0.05, 0) is 43.0 Å². The Labute approximate surface area is 203 Å². The van der Waals surface area contributed by atoms with Crippen LogP contribution in [0, 0.1) is 10.1 Å². The van der Waals surface area contributed by atoms with Gasteiger partial charge >= 0.3 is 24.7 Å². The zero-order chi connectivity index (χ0) is 27.8. The number of esters is 1. The van der Waals surface area contributed by atoms with Gasteiger partial charge in [-0.2, -0.15) is 13.2 Å². The van der Waals surface area contributed by atoms with E-state index in [1.165, 1.54) is 6.92 Å². The summed E-state index contributed by atoms with van der Waals surface area (Å²) in [6.07, 6.45) is -13.4. The van der Waals surface area contributed by atoms with Crippen molar-refractivity contribution in [2.24, 2.45) is 0 Å². The average Bonchev–Trinajstić information content (AvgIpc) is 2.77. The summed E-state index contributed by atoms with van der Waals surface area (Å²) in [6.45, 7) is -0.188. The fourth-order valence-electron chi connectivity index (χ4n) is 2.98. The summed E-state index contributed by atoms with van der Waals surface area (Å²) in [5, 5.41) is 8.97. The van der Waals surface area contributed by atoms with Crippen molar-refractivity contribution < 1.29 is 69.5 Å². The molecule has 0 aliphatic carbocycles. The number of halogens is 6. The number of aryl methyl sites for hydroxylation is 1. The fourth-order valence-corrected chi connectivity index (χ4v) is 2.98. The molecule has 17 heteroatoms. The number of fused-ring (bicyclic) bond motifs is 1. The fraction of sp³-hybridized carbons (Fsp3) is 0.500. The number of carbonyl (C=O) groups is 2. The lowest BCUT2D eigenvalue weighted by atomic mass is 9.97. The van der Waals surface area contributed by atoms with Crippen LogP contribution in [0.15, 0.2) is 17.7 Å². The van der Waals surface area contributed by atoms with E-state index < -0.39 is 54.0 Å². The van der Waals surface area contributed by atoms with Gasteiger partial charge in [0.25, 0.3) is 5.09 Å². The minimum absolute atomic E-state index is 0.0196. The third-order valence-corrected chi connectivity index (χ3v) is 4.47. The Morgan fingerprint density at radius 2 is 1.73 bits per heavy atom. The normalized spacial score (nSPS) is 15.0. The Morgan fingerprint density at radius 1 is 1.05 bits per heavy atom. The smallest absolute Gasteiger partial charge is 0.475 e. The monoisotopic (exact) mass is 547 g/mol. The Balaban J connectivity index is 2.07. The Kier molecular flexibility index (Phi) is 9.79. The Hall–Kier alpha value is -3.92. The lowest BCUT2D eigenvalue weighted by Gasteiger charge is -2.29. The third-order valence-electron chi connectivity index (χ3n) is 4.47. The number of unbranched alkanes of at least 4 members (excludes halogenated alkanes) is 1. The van der Waals surface area contributed by atoms with Crippen LogP contribution in [0.3, 0.4) is 0 Å². The maximum Gasteiger partial charge on any atom is 0.573 e. The number of hydrogen-bond acceptors (Lipinski definition) is 10. The van der Waals surface area contributed by atoms with Crippen LogP contribution in [0.25, 0.3) is 6.08 Å². The largest absolute Gasteiger partial charge is 0.573 e. The van der Waals surface area contributed by atoms with E-state index in [-0.39, 0.29) is 49.4 Å². The highest BCUT2D eigenvalue weighted by molar-refractivity contribution is 5.96. The lowest BCUT2D eigenvalue weighted by molar-refractivity contribution is -0.757. The molecular formula is C20H19F6NO10. The number of hydrogen-bond donors (Lipinski definition) is 0. The van der Waals surface area contributed by atoms with Gasteiger partial charge in [-0.3, -0.25) is 0 Å². The molecule has 206 valence electrons. The summed E-state index contributed by atoms with van der Waals surface area (Å²) >= 11 is 0. The molecule has 0 radical (unpaired) electrons. The minimum atomic E-state index is -5.12. The highest BCUT2D eigenvalue weighted by Gasteiger charge is 2.49. The number of alkyl halides is 6. The van der Waals surface area contributed by atoms with Crippen LogP contribution in [0.2, 0.25) is 0 Å². The maximum atomic E-state index is 13.6. The second kappa shape index (κ2) is 12.4. The van der Waals surface area contributed by atoms with E-state index in [1.807, 2.05) is 0 Å². The van der Waals surface area contributed by atoms with Gasteiger partial charge in [-0.1, -0.05) is 6.92 Å². The predicted octanol–water partition coefficient (Wildman–Crippen LogP) is 4.50. The van der Waals surface area contributed by atoms with E-state index >= 15 is 0 Å². The summed E-state index contributed by atoms with van der Waals surface area (Å²) in [5.74, 6) is -2.76. The van der Waals surface area contributed by atoms with Crippen molar-refractivity contribution in [3.63, 3.8) is 0 Å². The number of benzene rings is 1. The molecule has 0 spiro atoms. The van der Waals surface area contributed by atoms with Gasteiger partial charge in [0.05, 0.1) is 18.8 Å². The topological polar surface area (TPSA) is 133 Å². The van der Waals surface area contributed by atoms with Crippen LogP contribution in [0.5, 0.6) is 11.5 Å². The molecule has 37 heavy (non-hydrogen) atoms. The molecule has 0 amide bonds. The van der Waals surface area contributed by atoms with Crippen molar-refractivity contribution in [2.75, 3.05) is 20.0 Å². The second-order valence-corrected chi connectivity index (χ2v) is 7.10. The molecule has 0 unspecified atom stereocenters. The molecule has 1 aliphatic rings. The van der Waals surface area contributed by atoms with Crippen molar-refractivity contribution >= 4 is 18.2 Å². The van der Waals surface area contributed by atoms with Crippen molar-refractivity contribution in [2.45, 2.75) is 44.8 Å². The van der Waals surface area contributed by atoms with Gasteiger partial charge in [-0.15, -0.1) is 23.3 Å². The molecule has 2 rings (SSSR count). The third kappa shape index (κ3) is 9.23. The summed E-state index contributed by atoms with van der Waals surface area (Å²) in [4.78, 5) is 37.8. The molecule has 1 atom stereocenters. The Bertz CT molecular complexity index is 1020. The standard InChI is InChI=1S/C20H19F6NO10/c1-2-11-7-13(37-20(24,25)26)8-12-9-14(16(19(21,22)23)36-15(11)12)17(28)33-10-34-18(29)32-5-3-4-6-35-27(30)31/h7-9,16H,2-6,10H2,1H3/t16-/m0/s1. The summed E-state index contributed by atoms with van der Waals surface area (Å²) < 4.78 is 101. The SMILES string of the molecule is CCc1cc(OC(F)(F)F)cc2c1O[C@H](C(F)(F)F)C(C(=O)OCOC(=O)OCCCCO[N+](=O)[O-])=C2. The lowest BCUT2D eigenvalue weighted by Crippen LogP contribution is -2.41. The van der Waals surface area contributed by atoms with Crippen LogP contribution >= 0.6 is 0 Å². The van der Waals surface area contributed by atoms with E-state index in [2.05, 4.69) is 23.8 Å². The second-order valence-electron chi connectivity index (χ2n) is 7.10. The van der Waals surface area contributed by atoms with Crippen LogP contribution < -0.4 is 9.47 Å². The zero-order valence-electron chi connectivity index (χ0n) is 18.8. The minimum Gasteiger partial charge on any atom is -0.475 e. The molecule has 1 aromatic rings. The number of ether oxygens (including phenoxy) is 5. The summed E-state index contributed by atoms with van der Waals surface area (Å²) in [6, 6.07) is 1.61. The van der Waals surface area contributed by atoms with Crippen LogP contribution in [-0.4, -0.2) is 55.9 Å². The Morgan fingerprint density at radius 3 is 2.32 bits per heavy atom. The molecule has 0 bridgehead atoms. The maximum absolute atomic E-state index is 13.6. The van der Waals surface area contributed by atoms with Crippen molar-refractivity contribution in [3.05, 3.63) is 38.9 Å². The first kappa shape index (κ1) is 29.3. The van der Waals surface area contributed by atoms with E-state index in [9.17, 15) is 46.0 Å². The summed E-state index contributed by atoms with van der Waals surface area (Å²) in [7, 11) is 0. The van der Waals surface area contributed by atoms with E-state index in [4.69, 9.17) is 4.74 Å². The molecule has 1 heterocycles. The van der Waals surface area contributed by atoms with Gasteiger partial charge in [0.1, 0.15) is 11.5 Å². The van der Waals surface area contributed by atoms with Gasteiger partial charge in [0, 0.05) is 5.56 Å². The number of rotatable bonds is 11. The zero-order valence-corrected chi connectivity index (χ0v) is 18.8. The number of carbonyl (C=O) groups excluding carboxylic acids is 2. The van der Waals surface area contributed by atoms with E-state index in [0.717, 1.165) is 12.1 Å². The molecule has 1 aliphatic heterocycles. The quantitative estimate of drug-likeness (QED) is 0.0974. The van der Waals surface area contributed by atoms with Gasteiger partial charge in [-0.25, -0.2) is 9.59 Å². The first-order valence-corrected chi connectivity index (χ1v) is 10.3. The van der Waals surface area contributed by atoms with Crippen LogP contribution in [0.1, 0.15) is 30.9 Å². The first-order chi connectivity index (χ1) is 17.2. The van der Waals surface area contributed by atoms with Crippen LogP contribution in [0.4, 0.5) is 31.1 Å².